The molecule has 0 radical (unpaired) electrons. The van der Waals surface area contributed by atoms with Crippen molar-refractivity contribution in [3.05, 3.63) is 36.0 Å². The Morgan fingerprint density at radius 2 is 2.24 bits per heavy atom. The number of nitrogens with one attached hydrogen (secondary N) is 2. The monoisotopic (exact) mass is 232 g/mol. The van der Waals surface area contributed by atoms with E-state index < -0.39 is 12.0 Å². The maximum Gasteiger partial charge on any atom is 0.326 e. The fraction of sp³-hybridized carbons (Fsp3) is 0.167. The summed E-state index contributed by atoms with van der Waals surface area (Å²) in [6.45, 7) is 0. The van der Waals surface area contributed by atoms with E-state index in [9.17, 15) is 9.59 Å². The molecule has 1 heterocycles. The molecule has 0 aliphatic rings. The lowest BCUT2D eigenvalue weighted by Crippen LogP contribution is -2.37. The van der Waals surface area contributed by atoms with E-state index in [4.69, 9.17) is 5.11 Å². The van der Waals surface area contributed by atoms with Gasteiger partial charge in [-0.1, -0.05) is 18.2 Å². The molecule has 0 aliphatic heterocycles. The first-order valence-electron chi connectivity index (χ1n) is 5.20. The number of hydrogen-bond acceptors (Lipinski definition) is 2. The van der Waals surface area contributed by atoms with Gasteiger partial charge in [0.15, 0.2) is 0 Å². The van der Waals surface area contributed by atoms with E-state index in [0.717, 1.165) is 16.6 Å². The highest BCUT2D eigenvalue weighted by Crippen LogP contribution is 2.15. The summed E-state index contributed by atoms with van der Waals surface area (Å²) in [5.41, 5.74) is 1.74. The topological polar surface area (TPSA) is 82.2 Å². The first kappa shape index (κ1) is 11.2. The maximum atomic E-state index is 10.9. The summed E-state index contributed by atoms with van der Waals surface area (Å²) < 4.78 is 0. The van der Waals surface area contributed by atoms with Crippen LogP contribution in [0.4, 0.5) is 0 Å². The average Bonchev–Trinajstić information content (AvgIpc) is 2.70. The lowest BCUT2D eigenvalue weighted by atomic mass is 10.1. The zero-order valence-corrected chi connectivity index (χ0v) is 9.01. The highest BCUT2D eigenvalue weighted by atomic mass is 16.4. The molecule has 5 nitrogen and oxygen atoms in total. The normalized spacial score (nSPS) is 12.2. The van der Waals surface area contributed by atoms with Crippen LogP contribution in [0.1, 0.15) is 5.69 Å². The van der Waals surface area contributed by atoms with Crippen molar-refractivity contribution < 1.29 is 14.7 Å². The standard InChI is InChI=1S/C12H12N2O3/c15-7-13-11(12(16)17)6-9-5-8-3-1-2-4-10(8)14-9/h1-5,7,11,14H,6H2,(H,13,15)(H,16,17)/t11-/m1/s1. The number of H-pyrrole nitrogens is 1. The van der Waals surface area contributed by atoms with Crippen molar-refractivity contribution >= 4 is 23.3 Å². The van der Waals surface area contributed by atoms with Gasteiger partial charge in [-0.15, -0.1) is 0 Å². The summed E-state index contributed by atoms with van der Waals surface area (Å²) in [6.07, 6.45) is 0.643. The molecule has 0 unspecified atom stereocenters. The number of benzene rings is 1. The Hall–Kier alpha value is -2.30. The molecule has 3 N–H and O–H groups in total. The minimum atomic E-state index is -1.05. The number of carboxylic acids is 1. The van der Waals surface area contributed by atoms with Crippen LogP contribution in [0, 0.1) is 0 Å². The molecule has 88 valence electrons. The van der Waals surface area contributed by atoms with E-state index in [-0.39, 0.29) is 6.42 Å². The molecule has 2 aromatic rings. The smallest absolute Gasteiger partial charge is 0.326 e. The summed E-state index contributed by atoms with van der Waals surface area (Å²) in [6, 6.07) is 8.66. The molecular formula is C12H12N2O3. The molecule has 1 aromatic carbocycles. The van der Waals surface area contributed by atoms with Crippen molar-refractivity contribution in [2.75, 3.05) is 0 Å². The van der Waals surface area contributed by atoms with Crippen molar-refractivity contribution in [1.29, 1.82) is 0 Å². The Morgan fingerprint density at radius 3 is 2.88 bits per heavy atom. The zero-order chi connectivity index (χ0) is 12.3. The van der Waals surface area contributed by atoms with Gasteiger partial charge in [-0.05, 0) is 17.5 Å². The molecule has 0 spiro atoms. The number of fused-ring (bicyclic) bond motifs is 1. The second-order valence-electron chi connectivity index (χ2n) is 3.76. The Bertz CT molecular complexity index is 514. The summed E-state index contributed by atoms with van der Waals surface area (Å²) in [7, 11) is 0. The predicted octanol–water partition coefficient (Wildman–Crippen LogP) is 0.910. The van der Waals surface area contributed by atoms with Crippen LogP contribution in [0.2, 0.25) is 0 Å². The van der Waals surface area contributed by atoms with Crippen molar-refractivity contribution in [2.45, 2.75) is 12.5 Å². The van der Waals surface area contributed by atoms with Gasteiger partial charge in [0.1, 0.15) is 6.04 Å². The van der Waals surface area contributed by atoms with E-state index in [1.807, 2.05) is 30.3 Å². The van der Waals surface area contributed by atoms with Gasteiger partial charge in [0.2, 0.25) is 6.41 Å². The van der Waals surface area contributed by atoms with Crippen LogP contribution in [-0.2, 0) is 16.0 Å². The fourth-order valence-electron chi connectivity index (χ4n) is 1.76. The lowest BCUT2D eigenvalue weighted by Gasteiger charge is -2.09. The third kappa shape index (κ3) is 2.44. The Labute approximate surface area is 97.4 Å². The highest BCUT2D eigenvalue weighted by molar-refractivity contribution is 5.81. The first-order valence-corrected chi connectivity index (χ1v) is 5.20. The van der Waals surface area contributed by atoms with Crippen LogP contribution in [0.5, 0.6) is 0 Å². The Balaban J connectivity index is 2.21. The van der Waals surface area contributed by atoms with Crippen molar-refractivity contribution in [3.63, 3.8) is 0 Å². The second-order valence-corrected chi connectivity index (χ2v) is 3.76. The van der Waals surface area contributed by atoms with Gasteiger partial charge in [-0.25, -0.2) is 4.79 Å². The number of aliphatic carboxylic acids is 1. The van der Waals surface area contributed by atoms with Gasteiger partial charge >= 0.3 is 5.97 Å². The molecule has 2 rings (SSSR count). The van der Waals surface area contributed by atoms with Gasteiger partial charge in [-0.2, -0.15) is 0 Å². The SMILES string of the molecule is O=CN[C@H](Cc1cc2ccccc2[nH]1)C(=O)O. The third-order valence-electron chi connectivity index (χ3n) is 2.58. The number of amides is 1. The Morgan fingerprint density at radius 1 is 1.47 bits per heavy atom. The summed E-state index contributed by atoms with van der Waals surface area (Å²) in [4.78, 5) is 24.3. The number of carboxylic acid groups (broad SMARTS) is 1. The van der Waals surface area contributed by atoms with Crippen molar-refractivity contribution in [3.8, 4) is 0 Å². The quantitative estimate of drug-likeness (QED) is 0.670. The van der Waals surface area contributed by atoms with Crippen LogP contribution in [-0.4, -0.2) is 28.5 Å². The number of hydrogen-bond donors (Lipinski definition) is 3. The summed E-state index contributed by atoms with van der Waals surface area (Å²) >= 11 is 0. The number of carbonyl (C=O) groups is 2. The predicted molar refractivity (Wildman–Crippen MR) is 62.6 cm³/mol. The maximum absolute atomic E-state index is 10.9. The molecule has 0 bridgehead atoms. The summed E-state index contributed by atoms with van der Waals surface area (Å²) in [5, 5.41) is 12.2. The third-order valence-corrected chi connectivity index (χ3v) is 2.58. The number of rotatable bonds is 5. The van der Waals surface area contributed by atoms with Crippen LogP contribution in [0.25, 0.3) is 10.9 Å². The van der Waals surface area contributed by atoms with Crippen molar-refractivity contribution in [1.82, 2.24) is 10.3 Å². The molecule has 17 heavy (non-hydrogen) atoms. The first-order chi connectivity index (χ1) is 8.20. The largest absolute Gasteiger partial charge is 0.480 e. The molecule has 0 aliphatic carbocycles. The van der Waals surface area contributed by atoms with E-state index in [1.54, 1.807) is 0 Å². The van der Waals surface area contributed by atoms with E-state index in [0.29, 0.717) is 6.41 Å². The minimum absolute atomic E-state index is 0.239. The van der Waals surface area contributed by atoms with Gasteiger partial charge in [0, 0.05) is 17.6 Å². The van der Waals surface area contributed by atoms with Gasteiger partial charge in [0.05, 0.1) is 0 Å². The van der Waals surface area contributed by atoms with Crippen molar-refractivity contribution in [2.24, 2.45) is 0 Å². The number of aromatic amines is 1. The van der Waals surface area contributed by atoms with Crippen LogP contribution in [0.3, 0.4) is 0 Å². The van der Waals surface area contributed by atoms with Gasteiger partial charge in [-0.3, -0.25) is 4.79 Å². The van der Waals surface area contributed by atoms with Crippen LogP contribution < -0.4 is 5.32 Å². The van der Waals surface area contributed by atoms with E-state index in [2.05, 4.69) is 10.3 Å². The Kier molecular flexibility index (Phi) is 3.09. The van der Waals surface area contributed by atoms with E-state index in [1.165, 1.54) is 0 Å². The van der Waals surface area contributed by atoms with Gasteiger partial charge < -0.3 is 15.4 Å². The number of carbonyl (C=O) groups excluding carboxylic acids is 1. The number of para-hydroxylation sites is 1. The molecule has 1 aromatic heterocycles. The average molecular weight is 232 g/mol. The zero-order valence-electron chi connectivity index (χ0n) is 9.01. The summed E-state index contributed by atoms with van der Waals surface area (Å²) in [5.74, 6) is -1.05. The highest BCUT2D eigenvalue weighted by Gasteiger charge is 2.17. The lowest BCUT2D eigenvalue weighted by molar-refractivity contribution is -0.140. The molecule has 5 heteroatoms. The molecule has 1 amide bonds. The molecule has 0 fully saturated rings. The van der Waals surface area contributed by atoms with Crippen LogP contribution >= 0.6 is 0 Å². The number of aromatic nitrogens is 1. The molecule has 0 saturated carbocycles. The second kappa shape index (κ2) is 4.69. The fourth-order valence-corrected chi connectivity index (χ4v) is 1.76. The van der Waals surface area contributed by atoms with E-state index >= 15 is 0 Å². The molecule has 1 atom stereocenters. The molecule has 0 saturated heterocycles. The molecular weight excluding hydrogens is 220 g/mol. The minimum Gasteiger partial charge on any atom is -0.480 e. The van der Waals surface area contributed by atoms with Gasteiger partial charge in [0.25, 0.3) is 0 Å². The van der Waals surface area contributed by atoms with Crippen LogP contribution in [0.15, 0.2) is 30.3 Å².